The van der Waals surface area contributed by atoms with Crippen molar-refractivity contribution in [1.29, 1.82) is 0 Å². The van der Waals surface area contributed by atoms with Crippen molar-refractivity contribution in [3.05, 3.63) is 18.1 Å². The molecule has 0 radical (unpaired) electrons. The lowest BCUT2D eigenvalue weighted by molar-refractivity contribution is -0.130. The zero-order valence-electron chi connectivity index (χ0n) is 13.1. The number of hydrogen-bond donors (Lipinski definition) is 1. The molecule has 0 saturated carbocycles. The Morgan fingerprint density at radius 3 is 2.91 bits per heavy atom. The molecular formula is C16H24N4O2. The van der Waals surface area contributed by atoms with Gasteiger partial charge in [0.05, 0.1) is 0 Å². The second kappa shape index (κ2) is 7.05. The van der Waals surface area contributed by atoms with Gasteiger partial charge in [-0.15, -0.1) is 0 Å². The molecule has 2 aliphatic rings. The minimum atomic E-state index is -0.218. The molecule has 1 amide bonds. The Kier molecular flexibility index (Phi) is 4.87. The summed E-state index contributed by atoms with van der Waals surface area (Å²) in [6.45, 7) is 5.36. The summed E-state index contributed by atoms with van der Waals surface area (Å²) in [4.78, 5) is 22.9. The van der Waals surface area contributed by atoms with Crippen molar-refractivity contribution in [1.82, 2.24) is 15.3 Å². The lowest BCUT2D eigenvalue weighted by Crippen LogP contribution is -2.41. The summed E-state index contributed by atoms with van der Waals surface area (Å²) in [6, 6.07) is 1.96. The predicted octanol–water partition coefficient (Wildman–Crippen LogP) is 1.30. The van der Waals surface area contributed by atoms with Crippen molar-refractivity contribution in [3.8, 4) is 0 Å². The number of nitrogens with zero attached hydrogens (tertiary/aromatic N) is 3. The lowest BCUT2D eigenvalue weighted by atomic mass is 9.96. The van der Waals surface area contributed by atoms with Gasteiger partial charge in [-0.3, -0.25) is 4.79 Å². The summed E-state index contributed by atoms with van der Waals surface area (Å²) in [6.07, 6.45) is 5.60. The van der Waals surface area contributed by atoms with Crippen molar-refractivity contribution >= 4 is 11.7 Å². The number of aryl methyl sites for hydroxylation is 1. The van der Waals surface area contributed by atoms with Crippen LogP contribution in [0.1, 0.15) is 31.5 Å². The van der Waals surface area contributed by atoms with E-state index in [-0.39, 0.29) is 12.0 Å². The van der Waals surface area contributed by atoms with Gasteiger partial charge in [0.1, 0.15) is 17.7 Å². The molecule has 1 atom stereocenters. The molecule has 3 rings (SSSR count). The molecule has 1 aromatic heterocycles. The summed E-state index contributed by atoms with van der Waals surface area (Å²) in [7, 11) is 0. The van der Waals surface area contributed by atoms with E-state index in [0.29, 0.717) is 5.92 Å². The predicted molar refractivity (Wildman–Crippen MR) is 83.7 cm³/mol. The zero-order valence-corrected chi connectivity index (χ0v) is 13.1. The number of hydrogen-bond acceptors (Lipinski definition) is 5. The van der Waals surface area contributed by atoms with E-state index in [1.165, 1.54) is 0 Å². The van der Waals surface area contributed by atoms with E-state index >= 15 is 0 Å². The summed E-state index contributed by atoms with van der Waals surface area (Å²) in [5, 5.41) is 3.05. The molecule has 0 aliphatic carbocycles. The van der Waals surface area contributed by atoms with Crippen LogP contribution in [0, 0.1) is 12.8 Å². The highest BCUT2D eigenvalue weighted by molar-refractivity contribution is 5.80. The Morgan fingerprint density at radius 1 is 1.41 bits per heavy atom. The number of nitrogens with one attached hydrogen (secondary N) is 1. The number of carbonyl (C=O) groups excluding carboxylic acids is 1. The first kappa shape index (κ1) is 15.2. The third-order valence-corrected chi connectivity index (χ3v) is 4.49. The molecule has 0 bridgehead atoms. The average molecular weight is 304 g/mol. The van der Waals surface area contributed by atoms with Crippen molar-refractivity contribution in [2.75, 3.05) is 31.1 Å². The van der Waals surface area contributed by atoms with Gasteiger partial charge >= 0.3 is 0 Å². The Morgan fingerprint density at radius 2 is 2.23 bits per heavy atom. The summed E-state index contributed by atoms with van der Waals surface area (Å²) >= 11 is 0. The van der Waals surface area contributed by atoms with Gasteiger partial charge in [-0.05, 0) is 44.6 Å². The molecule has 0 unspecified atom stereocenters. The monoisotopic (exact) mass is 304 g/mol. The molecule has 2 saturated heterocycles. The SMILES string of the molecule is Cc1nccc(N2CCC(CNC(=O)[C@H]3CCCO3)CC2)n1. The fourth-order valence-corrected chi connectivity index (χ4v) is 3.13. The van der Waals surface area contributed by atoms with Crippen LogP contribution in [0.5, 0.6) is 0 Å². The number of amides is 1. The number of anilines is 1. The summed E-state index contributed by atoms with van der Waals surface area (Å²) in [5.74, 6) is 2.42. The third kappa shape index (κ3) is 3.74. The quantitative estimate of drug-likeness (QED) is 0.908. The fourth-order valence-electron chi connectivity index (χ4n) is 3.13. The average Bonchev–Trinajstić information content (AvgIpc) is 3.08. The molecule has 2 aliphatic heterocycles. The van der Waals surface area contributed by atoms with Crippen LogP contribution < -0.4 is 10.2 Å². The van der Waals surface area contributed by atoms with Crippen LogP contribution in [0.25, 0.3) is 0 Å². The maximum absolute atomic E-state index is 11.9. The lowest BCUT2D eigenvalue weighted by Gasteiger charge is -2.33. The van der Waals surface area contributed by atoms with Gasteiger partial charge in [-0.2, -0.15) is 0 Å². The molecule has 120 valence electrons. The molecule has 3 heterocycles. The Bertz CT molecular complexity index is 509. The minimum Gasteiger partial charge on any atom is -0.368 e. The van der Waals surface area contributed by atoms with Crippen molar-refractivity contribution in [2.24, 2.45) is 5.92 Å². The molecule has 6 heteroatoms. The molecule has 2 fully saturated rings. The highest BCUT2D eigenvalue weighted by Gasteiger charge is 2.25. The fraction of sp³-hybridized carbons (Fsp3) is 0.688. The normalized spacial score (nSPS) is 22.8. The van der Waals surface area contributed by atoms with Gasteiger partial charge in [0.25, 0.3) is 0 Å². The molecule has 22 heavy (non-hydrogen) atoms. The molecular weight excluding hydrogens is 280 g/mol. The standard InChI is InChI=1S/C16H24N4O2/c1-12-17-7-4-15(19-12)20-8-5-13(6-9-20)11-18-16(21)14-3-2-10-22-14/h4,7,13-14H,2-3,5-6,8-11H2,1H3,(H,18,21)/t14-/m1/s1. The number of rotatable bonds is 4. The van der Waals surface area contributed by atoms with E-state index in [9.17, 15) is 4.79 Å². The van der Waals surface area contributed by atoms with Crippen molar-refractivity contribution < 1.29 is 9.53 Å². The van der Waals surface area contributed by atoms with Crippen LogP contribution in [0.3, 0.4) is 0 Å². The number of ether oxygens (including phenoxy) is 1. The first-order valence-corrected chi connectivity index (χ1v) is 8.16. The van der Waals surface area contributed by atoms with Crippen molar-refractivity contribution in [2.45, 2.75) is 38.7 Å². The number of aromatic nitrogens is 2. The molecule has 1 aromatic rings. The van der Waals surface area contributed by atoms with E-state index in [2.05, 4.69) is 20.2 Å². The maximum atomic E-state index is 11.9. The summed E-state index contributed by atoms with van der Waals surface area (Å²) in [5.41, 5.74) is 0. The van der Waals surface area contributed by atoms with Crippen LogP contribution in [0.4, 0.5) is 5.82 Å². The Balaban J connectivity index is 1.43. The number of piperidine rings is 1. The highest BCUT2D eigenvalue weighted by Crippen LogP contribution is 2.21. The zero-order chi connectivity index (χ0) is 15.4. The van der Waals surface area contributed by atoms with Crippen LogP contribution in [-0.4, -0.2) is 48.2 Å². The Labute approximate surface area is 131 Å². The van der Waals surface area contributed by atoms with Gasteiger partial charge in [0.2, 0.25) is 5.91 Å². The van der Waals surface area contributed by atoms with Crippen LogP contribution in [0.2, 0.25) is 0 Å². The van der Waals surface area contributed by atoms with Crippen molar-refractivity contribution in [3.63, 3.8) is 0 Å². The van der Waals surface area contributed by atoms with Gasteiger partial charge in [0.15, 0.2) is 0 Å². The third-order valence-electron chi connectivity index (χ3n) is 4.49. The van der Waals surface area contributed by atoms with E-state index in [4.69, 9.17) is 4.74 Å². The minimum absolute atomic E-state index is 0.0614. The van der Waals surface area contributed by atoms with E-state index in [1.807, 2.05) is 19.2 Å². The molecule has 6 nitrogen and oxygen atoms in total. The largest absolute Gasteiger partial charge is 0.368 e. The van der Waals surface area contributed by atoms with E-state index in [1.54, 1.807) is 0 Å². The first-order valence-electron chi connectivity index (χ1n) is 8.16. The molecule has 0 aromatic carbocycles. The topological polar surface area (TPSA) is 67.4 Å². The van der Waals surface area contributed by atoms with Crippen LogP contribution >= 0.6 is 0 Å². The second-order valence-corrected chi connectivity index (χ2v) is 6.14. The maximum Gasteiger partial charge on any atom is 0.249 e. The second-order valence-electron chi connectivity index (χ2n) is 6.14. The smallest absolute Gasteiger partial charge is 0.249 e. The Hall–Kier alpha value is -1.69. The highest BCUT2D eigenvalue weighted by atomic mass is 16.5. The van der Waals surface area contributed by atoms with E-state index in [0.717, 1.165) is 63.6 Å². The van der Waals surface area contributed by atoms with Gasteiger partial charge < -0.3 is 15.0 Å². The first-order chi connectivity index (χ1) is 10.7. The summed E-state index contributed by atoms with van der Waals surface area (Å²) < 4.78 is 5.41. The van der Waals surface area contributed by atoms with E-state index < -0.39 is 0 Å². The molecule has 1 N–H and O–H groups in total. The van der Waals surface area contributed by atoms with Crippen LogP contribution in [0.15, 0.2) is 12.3 Å². The van der Waals surface area contributed by atoms with Crippen LogP contribution in [-0.2, 0) is 9.53 Å². The van der Waals surface area contributed by atoms with Gasteiger partial charge in [0, 0.05) is 32.4 Å². The molecule has 0 spiro atoms. The van der Waals surface area contributed by atoms with Gasteiger partial charge in [-0.25, -0.2) is 9.97 Å². The van der Waals surface area contributed by atoms with Gasteiger partial charge in [-0.1, -0.05) is 0 Å². The number of carbonyl (C=O) groups is 1.